The fourth-order valence-corrected chi connectivity index (χ4v) is 3.02. The van der Waals surface area contributed by atoms with Crippen molar-refractivity contribution in [3.63, 3.8) is 0 Å². The minimum absolute atomic E-state index is 0.0789. The van der Waals surface area contributed by atoms with E-state index in [0.29, 0.717) is 12.5 Å². The highest BCUT2D eigenvalue weighted by molar-refractivity contribution is 5.74. The molecule has 0 radical (unpaired) electrons. The fourth-order valence-electron chi connectivity index (χ4n) is 3.02. The molecule has 1 aliphatic heterocycles. The summed E-state index contributed by atoms with van der Waals surface area (Å²) in [6, 6.07) is 19.1. The van der Waals surface area contributed by atoms with Crippen LogP contribution >= 0.6 is 0 Å². The van der Waals surface area contributed by atoms with Crippen molar-refractivity contribution in [2.24, 2.45) is 0 Å². The van der Waals surface area contributed by atoms with Crippen molar-refractivity contribution in [1.82, 2.24) is 10.2 Å². The topological polar surface area (TPSA) is 32.3 Å². The van der Waals surface area contributed by atoms with Crippen LogP contribution in [0.1, 0.15) is 31.2 Å². The Balaban J connectivity index is 1.57. The molecule has 3 heteroatoms. The van der Waals surface area contributed by atoms with E-state index in [1.54, 1.807) is 0 Å². The van der Waals surface area contributed by atoms with Crippen molar-refractivity contribution >= 4 is 6.03 Å². The standard InChI is InChI=1S/C20H24N2O/c1-16(15-21-20(23)22-13-5-6-14-22)17-9-11-19(12-10-17)18-7-3-2-4-8-18/h2-4,7-12,16H,5-6,13-15H2,1H3,(H,21,23). The first-order valence-corrected chi connectivity index (χ1v) is 8.42. The van der Waals surface area contributed by atoms with Gasteiger partial charge in [-0.1, -0.05) is 61.5 Å². The predicted molar refractivity (Wildman–Crippen MR) is 94.5 cm³/mol. The molecule has 3 nitrogen and oxygen atoms in total. The maximum Gasteiger partial charge on any atom is 0.317 e. The number of rotatable bonds is 4. The first-order valence-electron chi connectivity index (χ1n) is 8.42. The van der Waals surface area contributed by atoms with E-state index in [1.807, 2.05) is 11.0 Å². The fraction of sp³-hybridized carbons (Fsp3) is 0.350. The van der Waals surface area contributed by atoms with Crippen LogP contribution in [-0.2, 0) is 0 Å². The van der Waals surface area contributed by atoms with Gasteiger partial charge in [0, 0.05) is 19.6 Å². The third kappa shape index (κ3) is 3.92. The van der Waals surface area contributed by atoms with Crippen LogP contribution in [0.2, 0.25) is 0 Å². The third-order valence-electron chi connectivity index (χ3n) is 4.54. The van der Waals surface area contributed by atoms with Crippen LogP contribution in [-0.4, -0.2) is 30.6 Å². The molecule has 23 heavy (non-hydrogen) atoms. The largest absolute Gasteiger partial charge is 0.337 e. The number of urea groups is 1. The first kappa shape index (κ1) is 15.6. The van der Waals surface area contributed by atoms with Crippen LogP contribution in [0.3, 0.4) is 0 Å². The smallest absolute Gasteiger partial charge is 0.317 e. The van der Waals surface area contributed by atoms with E-state index < -0.39 is 0 Å². The Labute approximate surface area is 138 Å². The summed E-state index contributed by atoms with van der Waals surface area (Å²) >= 11 is 0. The van der Waals surface area contributed by atoms with E-state index in [0.717, 1.165) is 25.9 Å². The summed E-state index contributed by atoms with van der Waals surface area (Å²) in [5.74, 6) is 0.311. The number of nitrogens with zero attached hydrogens (tertiary/aromatic N) is 1. The normalized spacial score (nSPS) is 15.4. The zero-order valence-electron chi connectivity index (χ0n) is 13.7. The second-order valence-electron chi connectivity index (χ2n) is 6.27. The van der Waals surface area contributed by atoms with Crippen LogP contribution in [0, 0.1) is 0 Å². The molecule has 1 saturated heterocycles. The summed E-state index contributed by atoms with van der Waals surface area (Å²) in [7, 11) is 0. The number of amides is 2. The summed E-state index contributed by atoms with van der Waals surface area (Å²) in [6.07, 6.45) is 2.26. The molecule has 1 N–H and O–H groups in total. The van der Waals surface area contributed by atoms with Crippen molar-refractivity contribution in [3.05, 3.63) is 60.2 Å². The Kier molecular flexibility index (Phi) is 4.96. The number of benzene rings is 2. The average Bonchev–Trinajstić information content (AvgIpc) is 3.15. The maximum atomic E-state index is 12.0. The molecule has 0 saturated carbocycles. The van der Waals surface area contributed by atoms with E-state index in [1.165, 1.54) is 16.7 Å². The minimum Gasteiger partial charge on any atom is -0.337 e. The molecule has 0 aromatic heterocycles. The zero-order valence-corrected chi connectivity index (χ0v) is 13.7. The number of nitrogens with one attached hydrogen (secondary N) is 1. The number of carbonyl (C=O) groups is 1. The van der Waals surface area contributed by atoms with E-state index >= 15 is 0 Å². The van der Waals surface area contributed by atoms with Crippen molar-refractivity contribution in [2.45, 2.75) is 25.7 Å². The van der Waals surface area contributed by atoms with Gasteiger partial charge in [0.15, 0.2) is 0 Å². The van der Waals surface area contributed by atoms with Gasteiger partial charge in [0.25, 0.3) is 0 Å². The summed E-state index contributed by atoms with van der Waals surface area (Å²) < 4.78 is 0. The average molecular weight is 308 g/mol. The number of hydrogen-bond acceptors (Lipinski definition) is 1. The Morgan fingerprint density at radius 1 is 1.00 bits per heavy atom. The molecular weight excluding hydrogens is 284 g/mol. The molecule has 3 rings (SSSR count). The Hall–Kier alpha value is -2.29. The van der Waals surface area contributed by atoms with Gasteiger partial charge < -0.3 is 10.2 Å². The van der Waals surface area contributed by atoms with Gasteiger partial charge in [-0.05, 0) is 35.4 Å². The Morgan fingerprint density at radius 3 is 2.26 bits per heavy atom. The number of hydrogen-bond donors (Lipinski definition) is 1. The van der Waals surface area contributed by atoms with Crippen molar-refractivity contribution in [2.75, 3.05) is 19.6 Å². The highest BCUT2D eigenvalue weighted by Crippen LogP contribution is 2.22. The molecule has 0 bridgehead atoms. The van der Waals surface area contributed by atoms with Gasteiger partial charge in [-0.2, -0.15) is 0 Å². The van der Waals surface area contributed by atoms with Crippen molar-refractivity contribution < 1.29 is 4.79 Å². The van der Waals surface area contributed by atoms with Crippen LogP contribution in [0.5, 0.6) is 0 Å². The monoisotopic (exact) mass is 308 g/mol. The second kappa shape index (κ2) is 7.32. The third-order valence-corrected chi connectivity index (χ3v) is 4.54. The molecule has 2 aromatic carbocycles. The number of carbonyl (C=O) groups excluding carboxylic acids is 1. The molecule has 120 valence electrons. The SMILES string of the molecule is CC(CNC(=O)N1CCCC1)c1ccc(-c2ccccc2)cc1. The van der Waals surface area contributed by atoms with Gasteiger partial charge in [0.1, 0.15) is 0 Å². The van der Waals surface area contributed by atoms with Gasteiger partial charge >= 0.3 is 6.03 Å². The summed E-state index contributed by atoms with van der Waals surface area (Å²) in [5, 5.41) is 3.06. The van der Waals surface area contributed by atoms with Gasteiger partial charge in [0.05, 0.1) is 0 Å². The lowest BCUT2D eigenvalue weighted by atomic mass is 9.97. The number of likely N-dealkylation sites (tertiary alicyclic amines) is 1. The quantitative estimate of drug-likeness (QED) is 0.899. The summed E-state index contributed by atoms with van der Waals surface area (Å²) in [6.45, 7) is 4.62. The van der Waals surface area contributed by atoms with E-state index in [4.69, 9.17) is 0 Å². The highest BCUT2D eigenvalue weighted by atomic mass is 16.2. The lowest BCUT2D eigenvalue weighted by Gasteiger charge is -2.19. The van der Waals surface area contributed by atoms with Gasteiger partial charge in [-0.3, -0.25) is 0 Å². The Bertz CT molecular complexity index is 630. The highest BCUT2D eigenvalue weighted by Gasteiger charge is 2.18. The van der Waals surface area contributed by atoms with E-state index in [-0.39, 0.29) is 6.03 Å². The van der Waals surface area contributed by atoms with Gasteiger partial charge in [-0.25, -0.2) is 4.79 Å². The molecule has 0 aliphatic carbocycles. The molecule has 1 fully saturated rings. The molecule has 1 aliphatic rings. The van der Waals surface area contributed by atoms with E-state index in [9.17, 15) is 4.79 Å². The van der Waals surface area contributed by atoms with Gasteiger partial charge in [-0.15, -0.1) is 0 Å². The molecule has 1 atom stereocenters. The minimum atomic E-state index is 0.0789. The first-order chi connectivity index (χ1) is 11.2. The molecule has 1 heterocycles. The van der Waals surface area contributed by atoms with Crippen LogP contribution < -0.4 is 5.32 Å². The van der Waals surface area contributed by atoms with Crippen LogP contribution in [0.25, 0.3) is 11.1 Å². The second-order valence-corrected chi connectivity index (χ2v) is 6.27. The molecule has 1 unspecified atom stereocenters. The summed E-state index contributed by atoms with van der Waals surface area (Å²) in [4.78, 5) is 13.9. The van der Waals surface area contributed by atoms with Gasteiger partial charge in [0.2, 0.25) is 0 Å². The molecule has 2 amide bonds. The maximum absolute atomic E-state index is 12.0. The van der Waals surface area contributed by atoms with E-state index in [2.05, 4.69) is 60.8 Å². The summed E-state index contributed by atoms with van der Waals surface area (Å²) in [5.41, 5.74) is 3.71. The van der Waals surface area contributed by atoms with Crippen molar-refractivity contribution in [1.29, 1.82) is 0 Å². The van der Waals surface area contributed by atoms with Crippen LogP contribution in [0.4, 0.5) is 4.79 Å². The molecular formula is C20H24N2O. The molecule has 0 spiro atoms. The molecule has 2 aromatic rings. The zero-order chi connectivity index (χ0) is 16.1. The van der Waals surface area contributed by atoms with Crippen molar-refractivity contribution in [3.8, 4) is 11.1 Å². The Morgan fingerprint density at radius 2 is 1.61 bits per heavy atom. The lowest BCUT2D eigenvalue weighted by Crippen LogP contribution is -2.39. The van der Waals surface area contributed by atoms with Crippen LogP contribution in [0.15, 0.2) is 54.6 Å². The lowest BCUT2D eigenvalue weighted by molar-refractivity contribution is 0.208. The predicted octanol–water partition coefficient (Wildman–Crippen LogP) is 4.26.